The van der Waals surface area contributed by atoms with Crippen LogP contribution in [0.25, 0.3) is 0 Å². The second-order valence-corrected chi connectivity index (χ2v) is 14.6. The highest BCUT2D eigenvalue weighted by Crippen LogP contribution is 2.15. The minimum absolute atomic E-state index is 0.0270. The summed E-state index contributed by atoms with van der Waals surface area (Å²) in [7, 11) is 1.25. The maximum atomic E-state index is 12.5. The van der Waals surface area contributed by atoms with Gasteiger partial charge in [0.15, 0.2) is 0 Å². The van der Waals surface area contributed by atoms with Crippen LogP contribution in [0.3, 0.4) is 0 Å². The summed E-state index contributed by atoms with van der Waals surface area (Å²) in [6, 6.07) is -0.898. The van der Waals surface area contributed by atoms with E-state index < -0.39 is 23.6 Å². The van der Waals surface area contributed by atoms with Crippen LogP contribution in [-0.2, 0) is 57.2 Å². The third kappa shape index (κ3) is 37.6. The Hall–Kier alpha value is -3.34. The van der Waals surface area contributed by atoms with Crippen molar-refractivity contribution in [2.75, 3.05) is 73.1 Å². The van der Waals surface area contributed by atoms with E-state index in [0.717, 1.165) is 38.5 Å². The number of carbonyl (C=O) groups excluding carboxylic acids is 5. The smallest absolute Gasteiger partial charge is 0.329 e. The third-order valence-corrected chi connectivity index (χ3v) is 8.28. The van der Waals surface area contributed by atoms with Crippen LogP contribution in [0.15, 0.2) is 0 Å². The minimum atomic E-state index is -1.05. The van der Waals surface area contributed by atoms with Crippen molar-refractivity contribution in [3.8, 4) is 0 Å². The highest BCUT2D eigenvalue weighted by molar-refractivity contribution is 5.85. The van der Waals surface area contributed by atoms with Crippen molar-refractivity contribution in [2.24, 2.45) is 0 Å². The van der Waals surface area contributed by atoms with Gasteiger partial charge in [-0.25, -0.2) is 9.59 Å². The molecule has 3 amide bonds. The lowest BCUT2D eigenvalue weighted by atomic mass is 10.0. The molecular weight excluding hydrogens is 730 g/mol. The van der Waals surface area contributed by atoms with E-state index in [1.54, 1.807) is 0 Å². The zero-order valence-corrected chi connectivity index (χ0v) is 34.7. The molecule has 0 spiro atoms. The molecule has 0 saturated heterocycles. The van der Waals surface area contributed by atoms with Gasteiger partial charge in [0, 0.05) is 32.4 Å². The van der Waals surface area contributed by atoms with E-state index in [4.69, 9.17) is 33.5 Å². The molecule has 4 N–H and O–H groups in total. The summed E-state index contributed by atoms with van der Waals surface area (Å²) in [6.45, 7) is 6.93. The predicted octanol–water partition coefficient (Wildman–Crippen LogP) is 4.39. The molecule has 0 unspecified atom stereocenters. The molecule has 0 aliphatic heterocycles. The second-order valence-electron chi connectivity index (χ2n) is 14.6. The summed E-state index contributed by atoms with van der Waals surface area (Å²) in [5.74, 6) is -2.58. The molecule has 326 valence electrons. The van der Waals surface area contributed by atoms with Gasteiger partial charge >= 0.3 is 17.9 Å². The predicted molar refractivity (Wildman–Crippen MR) is 210 cm³/mol. The van der Waals surface area contributed by atoms with Crippen LogP contribution >= 0.6 is 0 Å². The molecular formula is C40H73N3O13. The molecule has 1 atom stereocenters. The fourth-order valence-electron chi connectivity index (χ4n) is 5.43. The maximum absolute atomic E-state index is 12.5. The van der Waals surface area contributed by atoms with Crippen LogP contribution in [0.4, 0.5) is 0 Å². The molecule has 0 bridgehead atoms. The van der Waals surface area contributed by atoms with Crippen LogP contribution in [-0.4, -0.2) is 125 Å². The Labute approximate surface area is 334 Å². The first-order valence-corrected chi connectivity index (χ1v) is 20.5. The van der Waals surface area contributed by atoms with Crippen molar-refractivity contribution in [3.05, 3.63) is 0 Å². The molecule has 16 heteroatoms. The van der Waals surface area contributed by atoms with Crippen LogP contribution < -0.4 is 16.0 Å². The maximum Gasteiger partial charge on any atom is 0.329 e. The molecule has 56 heavy (non-hydrogen) atoms. The van der Waals surface area contributed by atoms with E-state index in [1.165, 1.54) is 58.5 Å². The number of carbonyl (C=O) groups is 6. The second kappa shape index (κ2) is 36.0. The van der Waals surface area contributed by atoms with Gasteiger partial charge in [-0.3, -0.25) is 19.2 Å². The largest absolute Gasteiger partial charge is 0.480 e. The molecule has 0 aromatic heterocycles. The fourth-order valence-corrected chi connectivity index (χ4v) is 5.43. The lowest BCUT2D eigenvalue weighted by Crippen LogP contribution is -2.42. The number of hydrogen-bond acceptors (Lipinski definition) is 12. The number of ether oxygens (including phenoxy) is 6. The van der Waals surface area contributed by atoms with Crippen LogP contribution in [0.2, 0.25) is 0 Å². The first-order valence-electron chi connectivity index (χ1n) is 20.5. The zero-order chi connectivity index (χ0) is 41.7. The van der Waals surface area contributed by atoms with Gasteiger partial charge in [0.25, 0.3) is 0 Å². The Morgan fingerprint density at radius 2 is 0.982 bits per heavy atom. The molecule has 0 rings (SSSR count). The number of aliphatic carboxylic acids is 1. The molecule has 0 fully saturated rings. The Bertz CT molecular complexity index is 1070. The van der Waals surface area contributed by atoms with Crippen molar-refractivity contribution < 1.29 is 62.3 Å². The minimum Gasteiger partial charge on any atom is -0.480 e. The zero-order valence-electron chi connectivity index (χ0n) is 34.7. The number of esters is 2. The molecule has 0 aromatic carbocycles. The average molecular weight is 804 g/mol. The number of carboxylic acids is 1. The highest BCUT2D eigenvalue weighted by Gasteiger charge is 2.22. The number of hydrogen-bond donors (Lipinski definition) is 4. The molecule has 0 radical (unpaired) electrons. The average Bonchev–Trinajstić information content (AvgIpc) is 3.13. The van der Waals surface area contributed by atoms with Crippen molar-refractivity contribution in [3.63, 3.8) is 0 Å². The molecule has 0 saturated carbocycles. The Morgan fingerprint density at radius 1 is 0.536 bits per heavy atom. The fraction of sp³-hybridized carbons (Fsp3) is 0.850. The molecule has 16 nitrogen and oxygen atoms in total. The molecule has 0 aromatic rings. The summed E-state index contributed by atoms with van der Waals surface area (Å²) in [6.07, 6.45) is 16.7. The highest BCUT2D eigenvalue weighted by atomic mass is 16.6. The van der Waals surface area contributed by atoms with Crippen LogP contribution in [0.5, 0.6) is 0 Å². The molecule has 0 aliphatic carbocycles. The molecule has 0 heterocycles. The van der Waals surface area contributed by atoms with E-state index >= 15 is 0 Å². The van der Waals surface area contributed by atoms with Gasteiger partial charge in [-0.15, -0.1) is 0 Å². The van der Waals surface area contributed by atoms with Crippen LogP contribution in [0, 0.1) is 0 Å². The van der Waals surface area contributed by atoms with Gasteiger partial charge in [0.05, 0.1) is 46.8 Å². The quantitative estimate of drug-likeness (QED) is 0.0504. The lowest BCUT2D eigenvalue weighted by molar-refractivity contribution is -0.155. The number of rotatable bonds is 38. The standard InChI is InChI=1S/C40H73N3O13/c1-40(2,3)56-38(49)20-18-16-14-12-10-8-6-5-7-9-11-13-15-17-19-35(45)43-33(39(50)51-4)21-22-34(44)41-23-25-52-27-29-54-31-36(46)42-24-26-53-28-30-55-32-37(47)48/h33H,5-32H2,1-4H3,(H,41,44)(H,42,46)(H,43,45)(H,47,48)/t33-/m0/s1. The number of amides is 3. The van der Waals surface area contributed by atoms with Gasteiger partial charge in [0.1, 0.15) is 24.9 Å². The number of carboxylic acid groups (broad SMARTS) is 1. The molecule has 0 aliphatic rings. The first kappa shape index (κ1) is 52.7. The summed E-state index contributed by atoms with van der Waals surface area (Å²) in [4.78, 5) is 70.8. The monoisotopic (exact) mass is 804 g/mol. The Kier molecular flexibility index (Phi) is 33.9. The van der Waals surface area contributed by atoms with Crippen molar-refractivity contribution in [1.82, 2.24) is 16.0 Å². The topological polar surface area (TPSA) is 214 Å². The Balaban J connectivity index is 3.75. The first-order chi connectivity index (χ1) is 26.8. The van der Waals surface area contributed by atoms with E-state index in [2.05, 4.69) is 16.0 Å². The van der Waals surface area contributed by atoms with Crippen molar-refractivity contribution in [2.45, 2.75) is 148 Å². The van der Waals surface area contributed by atoms with E-state index in [9.17, 15) is 28.8 Å². The SMILES string of the molecule is COC(=O)[C@H](CCC(=O)NCCOCCOCC(=O)NCCOCCOCC(=O)O)NC(=O)CCCCCCCCCCCCCCCCC(=O)OC(C)(C)C. The van der Waals surface area contributed by atoms with Crippen molar-refractivity contribution in [1.29, 1.82) is 0 Å². The number of nitrogens with one attached hydrogen (secondary N) is 3. The summed E-state index contributed by atoms with van der Waals surface area (Å²) in [5, 5.41) is 16.5. The van der Waals surface area contributed by atoms with Gasteiger partial charge < -0.3 is 49.5 Å². The lowest BCUT2D eigenvalue weighted by Gasteiger charge is -2.19. The van der Waals surface area contributed by atoms with E-state index in [0.29, 0.717) is 12.8 Å². The van der Waals surface area contributed by atoms with Crippen LogP contribution in [0.1, 0.15) is 136 Å². The summed E-state index contributed by atoms with van der Waals surface area (Å²) < 4.78 is 30.8. The normalized spacial score (nSPS) is 11.8. The van der Waals surface area contributed by atoms with Gasteiger partial charge in [-0.2, -0.15) is 0 Å². The number of methoxy groups -OCH3 is 1. The summed E-state index contributed by atoms with van der Waals surface area (Å²) >= 11 is 0. The van der Waals surface area contributed by atoms with Gasteiger partial charge in [-0.05, 0) is 40.0 Å². The number of unbranched alkanes of at least 4 members (excludes halogenated alkanes) is 13. The third-order valence-electron chi connectivity index (χ3n) is 8.28. The van der Waals surface area contributed by atoms with E-state index in [1.807, 2.05) is 20.8 Å². The Morgan fingerprint density at radius 3 is 1.46 bits per heavy atom. The summed E-state index contributed by atoms with van der Waals surface area (Å²) in [5.41, 5.74) is -0.405. The van der Waals surface area contributed by atoms with E-state index in [-0.39, 0.29) is 102 Å². The van der Waals surface area contributed by atoms with Gasteiger partial charge in [-0.1, -0.05) is 77.0 Å². The van der Waals surface area contributed by atoms with Crippen molar-refractivity contribution >= 4 is 35.6 Å². The van der Waals surface area contributed by atoms with Gasteiger partial charge in [0.2, 0.25) is 17.7 Å².